The first-order chi connectivity index (χ1) is 14.5. The third-order valence-electron chi connectivity index (χ3n) is 5.11. The summed E-state index contributed by atoms with van der Waals surface area (Å²) in [6.07, 6.45) is 0. The van der Waals surface area contributed by atoms with Crippen LogP contribution in [-0.2, 0) is 6.54 Å². The average molecular weight is 443 g/mol. The van der Waals surface area contributed by atoms with Crippen LogP contribution in [0.15, 0.2) is 29.6 Å². The van der Waals surface area contributed by atoms with Gasteiger partial charge in [0.05, 0.1) is 23.0 Å². The quantitative estimate of drug-likeness (QED) is 0.571. The number of hydrogen-bond acceptors (Lipinski definition) is 7. The molecule has 1 fully saturated rings. The second-order valence-corrected chi connectivity index (χ2v) is 9.38. The standard InChI is InChI=1S/C22H26N4O2S2/c1-4-28-19-7-5-17(6-8-19)21-23-15(2)20(30-21)22(27)26-11-9-25(10-12-26)13-18-14-29-16(3)24-18/h5-8,14H,4,9-13H2,1-3H3. The second kappa shape index (κ2) is 9.24. The Hall–Kier alpha value is -2.29. The maximum atomic E-state index is 13.1. The van der Waals surface area contributed by atoms with E-state index in [2.05, 4.69) is 20.2 Å². The number of carbonyl (C=O) groups excluding carboxylic acids is 1. The number of carbonyl (C=O) groups is 1. The van der Waals surface area contributed by atoms with E-state index in [1.54, 1.807) is 11.3 Å². The predicted octanol–water partition coefficient (Wildman–Crippen LogP) is 4.24. The first kappa shape index (κ1) is 21.0. The minimum absolute atomic E-state index is 0.0892. The summed E-state index contributed by atoms with van der Waals surface area (Å²) in [4.78, 5) is 27.4. The van der Waals surface area contributed by atoms with Crippen LogP contribution in [0.3, 0.4) is 0 Å². The molecular weight excluding hydrogens is 416 g/mol. The molecular formula is C22H26N4O2S2. The molecule has 0 aliphatic carbocycles. The van der Waals surface area contributed by atoms with Crippen molar-refractivity contribution in [3.05, 3.63) is 50.9 Å². The molecule has 1 amide bonds. The van der Waals surface area contributed by atoms with E-state index >= 15 is 0 Å². The van der Waals surface area contributed by atoms with Crippen LogP contribution in [0.2, 0.25) is 0 Å². The van der Waals surface area contributed by atoms with Gasteiger partial charge in [0.2, 0.25) is 0 Å². The Kier molecular flexibility index (Phi) is 6.46. The minimum Gasteiger partial charge on any atom is -0.494 e. The lowest BCUT2D eigenvalue weighted by atomic mass is 10.2. The summed E-state index contributed by atoms with van der Waals surface area (Å²) >= 11 is 3.16. The molecule has 0 N–H and O–H groups in total. The molecule has 1 aliphatic heterocycles. The van der Waals surface area contributed by atoms with Gasteiger partial charge in [-0.3, -0.25) is 9.69 Å². The van der Waals surface area contributed by atoms with Crippen molar-refractivity contribution in [2.24, 2.45) is 0 Å². The molecule has 0 atom stereocenters. The van der Waals surface area contributed by atoms with Crippen molar-refractivity contribution in [3.8, 4) is 16.3 Å². The summed E-state index contributed by atoms with van der Waals surface area (Å²) in [7, 11) is 0. The van der Waals surface area contributed by atoms with Crippen LogP contribution in [0, 0.1) is 13.8 Å². The number of nitrogens with zero attached hydrogens (tertiary/aromatic N) is 4. The Morgan fingerprint density at radius 1 is 1.10 bits per heavy atom. The zero-order valence-electron chi connectivity index (χ0n) is 17.6. The lowest BCUT2D eigenvalue weighted by molar-refractivity contribution is 0.0631. The minimum atomic E-state index is 0.0892. The lowest BCUT2D eigenvalue weighted by Crippen LogP contribution is -2.48. The molecule has 1 aromatic carbocycles. The van der Waals surface area contributed by atoms with Crippen LogP contribution in [-0.4, -0.2) is 58.5 Å². The Morgan fingerprint density at radius 3 is 2.47 bits per heavy atom. The van der Waals surface area contributed by atoms with Gasteiger partial charge in [-0.25, -0.2) is 9.97 Å². The fourth-order valence-electron chi connectivity index (χ4n) is 3.54. The third kappa shape index (κ3) is 4.71. The Balaban J connectivity index is 1.39. The van der Waals surface area contributed by atoms with E-state index in [4.69, 9.17) is 4.74 Å². The number of piperazine rings is 1. The van der Waals surface area contributed by atoms with Crippen molar-refractivity contribution in [1.82, 2.24) is 19.8 Å². The maximum absolute atomic E-state index is 13.1. The highest BCUT2D eigenvalue weighted by atomic mass is 32.1. The van der Waals surface area contributed by atoms with Gasteiger partial charge < -0.3 is 9.64 Å². The van der Waals surface area contributed by atoms with Gasteiger partial charge in [0.15, 0.2) is 0 Å². The largest absolute Gasteiger partial charge is 0.494 e. The molecule has 158 valence electrons. The van der Waals surface area contributed by atoms with Gasteiger partial charge in [-0.05, 0) is 45.0 Å². The van der Waals surface area contributed by atoms with E-state index in [0.717, 1.165) is 70.3 Å². The lowest BCUT2D eigenvalue weighted by Gasteiger charge is -2.34. The number of ether oxygens (including phenoxy) is 1. The van der Waals surface area contributed by atoms with Gasteiger partial charge in [0, 0.05) is 43.7 Å². The van der Waals surface area contributed by atoms with Crippen molar-refractivity contribution in [1.29, 1.82) is 0 Å². The van der Waals surface area contributed by atoms with Crippen LogP contribution in [0.4, 0.5) is 0 Å². The molecule has 0 unspecified atom stereocenters. The SMILES string of the molecule is CCOc1ccc(-c2nc(C)c(C(=O)N3CCN(Cc4csc(C)n4)CC3)s2)cc1. The summed E-state index contributed by atoms with van der Waals surface area (Å²) < 4.78 is 5.51. The fourth-order valence-corrected chi connectivity index (χ4v) is 5.18. The van der Waals surface area contributed by atoms with Gasteiger partial charge in [0.1, 0.15) is 15.6 Å². The van der Waals surface area contributed by atoms with Crippen LogP contribution in [0.1, 0.15) is 33.0 Å². The average Bonchev–Trinajstić information content (AvgIpc) is 3.34. The third-order valence-corrected chi connectivity index (χ3v) is 7.13. The number of thiazole rings is 2. The van der Waals surface area contributed by atoms with Crippen LogP contribution in [0.25, 0.3) is 10.6 Å². The van der Waals surface area contributed by atoms with E-state index in [9.17, 15) is 4.79 Å². The molecule has 8 heteroatoms. The van der Waals surface area contributed by atoms with E-state index in [1.807, 2.05) is 49.9 Å². The van der Waals surface area contributed by atoms with Crippen molar-refractivity contribution in [2.75, 3.05) is 32.8 Å². The number of aromatic nitrogens is 2. The van der Waals surface area contributed by atoms with E-state index in [-0.39, 0.29) is 5.91 Å². The molecule has 0 radical (unpaired) electrons. The molecule has 6 nitrogen and oxygen atoms in total. The van der Waals surface area contributed by atoms with E-state index in [0.29, 0.717) is 6.61 Å². The molecule has 30 heavy (non-hydrogen) atoms. The molecule has 1 saturated heterocycles. The fraction of sp³-hybridized carbons (Fsp3) is 0.409. The zero-order valence-corrected chi connectivity index (χ0v) is 19.2. The molecule has 4 rings (SSSR count). The Bertz CT molecular complexity index is 1000. The molecule has 0 saturated carbocycles. The predicted molar refractivity (Wildman–Crippen MR) is 121 cm³/mol. The summed E-state index contributed by atoms with van der Waals surface area (Å²) in [5.41, 5.74) is 2.93. The summed E-state index contributed by atoms with van der Waals surface area (Å²) in [5, 5.41) is 4.09. The number of aryl methyl sites for hydroxylation is 2. The summed E-state index contributed by atoms with van der Waals surface area (Å²) in [5.74, 6) is 0.933. The number of benzene rings is 1. The summed E-state index contributed by atoms with van der Waals surface area (Å²) in [6, 6.07) is 7.88. The second-order valence-electron chi connectivity index (χ2n) is 7.32. The van der Waals surface area contributed by atoms with Crippen molar-refractivity contribution < 1.29 is 9.53 Å². The van der Waals surface area contributed by atoms with E-state index < -0.39 is 0 Å². The van der Waals surface area contributed by atoms with Gasteiger partial charge in [-0.15, -0.1) is 22.7 Å². The number of rotatable bonds is 6. The normalized spacial score (nSPS) is 14.8. The van der Waals surface area contributed by atoms with Gasteiger partial charge in [0.25, 0.3) is 5.91 Å². The van der Waals surface area contributed by atoms with Crippen molar-refractivity contribution >= 4 is 28.6 Å². The number of amides is 1. The highest BCUT2D eigenvalue weighted by Gasteiger charge is 2.26. The first-order valence-corrected chi connectivity index (χ1v) is 11.9. The van der Waals surface area contributed by atoms with Crippen molar-refractivity contribution in [3.63, 3.8) is 0 Å². The smallest absolute Gasteiger partial charge is 0.265 e. The first-order valence-electron chi connectivity index (χ1n) is 10.2. The maximum Gasteiger partial charge on any atom is 0.265 e. The molecule has 0 spiro atoms. The van der Waals surface area contributed by atoms with Crippen LogP contribution < -0.4 is 4.74 Å². The highest BCUT2D eigenvalue weighted by Crippen LogP contribution is 2.30. The Labute approximate surface area is 185 Å². The highest BCUT2D eigenvalue weighted by molar-refractivity contribution is 7.17. The van der Waals surface area contributed by atoms with Gasteiger partial charge in [-0.2, -0.15) is 0 Å². The monoisotopic (exact) mass is 442 g/mol. The zero-order chi connectivity index (χ0) is 21.1. The van der Waals surface area contributed by atoms with Crippen LogP contribution in [0.5, 0.6) is 5.75 Å². The van der Waals surface area contributed by atoms with Gasteiger partial charge in [-0.1, -0.05) is 0 Å². The van der Waals surface area contributed by atoms with Crippen molar-refractivity contribution in [2.45, 2.75) is 27.3 Å². The summed E-state index contributed by atoms with van der Waals surface area (Å²) in [6.45, 7) is 10.6. The van der Waals surface area contributed by atoms with E-state index in [1.165, 1.54) is 11.3 Å². The topological polar surface area (TPSA) is 58.6 Å². The van der Waals surface area contributed by atoms with Crippen LogP contribution >= 0.6 is 22.7 Å². The molecule has 3 aromatic rings. The van der Waals surface area contributed by atoms with Gasteiger partial charge >= 0.3 is 0 Å². The molecule has 3 heterocycles. The Morgan fingerprint density at radius 2 is 1.83 bits per heavy atom. The number of hydrogen-bond donors (Lipinski definition) is 0. The molecule has 2 aromatic heterocycles. The molecule has 1 aliphatic rings. The molecule has 0 bridgehead atoms.